The van der Waals surface area contributed by atoms with Gasteiger partial charge in [0, 0.05) is 30.3 Å². The molecular weight excluding hydrogens is 580 g/mol. The Hall–Kier alpha value is -5.00. The van der Waals surface area contributed by atoms with Gasteiger partial charge in [0.25, 0.3) is 0 Å². The van der Waals surface area contributed by atoms with E-state index < -0.39 is 23.6 Å². The standard InChI is InChI=1S/C33H39F2N7O3/c1-22(2)13-15-44-30-11-5-3-8-27(30)28-9-4-6-12-31(28)45-21-26-20-42(41-40-26)29(10-7-14-38-33(36)37)32(43)39-19-23-16-24(34)18-25(35)17-23/h3-6,8-9,11-12,16-18,20,22,29H,7,10,13-15,19,21H2,1-2H3,(H,39,43)(H4,36,37,38)/t29-/m1/s1. The van der Waals surface area contributed by atoms with Crippen LogP contribution >= 0.6 is 0 Å². The average molecular weight is 620 g/mol. The molecule has 0 bridgehead atoms. The van der Waals surface area contributed by atoms with E-state index in [1.54, 1.807) is 6.20 Å². The van der Waals surface area contributed by atoms with Crippen LogP contribution in [0.3, 0.4) is 0 Å². The van der Waals surface area contributed by atoms with Crippen LogP contribution in [0.1, 0.15) is 50.4 Å². The summed E-state index contributed by atoms with van der Waals surface area (Å²) in [6, 6.07) is 17.8. The molecule has 0 aliphatic carbocycles. The Labute approximate surface area is 261 Å². The fraction of sp³-hybridized carbons (Fsp3) is 0.333. The van der Waals surface area contributed by atoms with Gasteiger partial charge in [0.2, 0.25) is 5.91 Å². The summed E-state index contributed by atoms with van der Waals surface area (Å²) in [6.45, 7) is 5.27. The van der Waals surface area contributed by atoms with Gasteiger partial charge in [-0.05, 0) is 55.0 Å². The largest absolute Gasteiger partial charge is 0.493 e. The fourth-order valence-electron chi connectivity index (χ4n) is 4.61. The van der Waals surface area contributed by atoms with Crippen LogP contribution in [0.4, 0.5) is 8.78 Å². The van der Waals surface area contributed by atoms with Crippen molar-refractivity contribution in [2.45, 2.75) is 52.3 Å². The molecule has 5 N–H and O–H groups in total. The molecule has 0 aliphatic heterocycles. The number of halogens is 2. The first kappa shape index (κ1) is 32.9. The van der Waals surface area contributed by atoms with Gasteiger partial charge in [-0.3, -0.25) is 9.79 Å². The lowest BCUT2D eigenvalue weighted by atomic mass is 10.0. The third-order valence-electron chi connectivity index (χ3n) is 6.89. The first-order valence-electron chi connectivity index (χ1n) is 14.8. The van der Waals surface area contributed by atoms with Crippen molar-refractivity contribution in [1.29, 1.82) is 0 Å². The number of nitrogens with two attached hydrogens (primary N) is 2. The molecule has 1 amide bonds. The van der Waals surface area contributed by atoms with Crippen molar-refractivity contribution in [3.05, 3.63) is 95.8 Å². The van der Waals surface area contributed by atoms with Gasteiger partial charge in [-0.2, -0.15) is 0 Å². The number of benzene rings is 3. The van der Waals surface area contributed by atoms with Crippen LogP contribution in [0.2, 0.25) is 0 Å². The Morgan fingerprint density at radius 1 is 0.956 bits per heavy atom. The second-order valence-corrected chi connectivity index (χ2v) is 11.0. The molecule has 1 heterocycles. The zero-order chi connectivity index (χ0) is 32.2. The third kappa shape index (κ3) is 10.0. The molecule has 1 atom stereocenters. The number of hydrogen-bond donors (Lipinski definition) is 3. The molecule has 0 saturated carbocycles. The maximum absolute atomic E-state index is 13.6. The molecule has 0 spiro atoms. The fourth-order valence-corrected chi connectivity index (χ4v) is 4.61. The number of carbonyl (C=O) groups excluding carboxylic acids is 1. The molecule has 12 heteroatoms. The van der Waals surface area contributed by atoms with Gasteiger partial charge in [-0.25, -0.2) is 13.5 Å². The van der Waals surface area contributed by atoms with E-state index in [1.165, 1.54) is 4.68 Å². The van der Waals surface area contributed by atoms with Crippen molar-refractivity contribution in [3.63, 3.8) is 0 Å². The number of rotatable bonds is 16. The number of amides is 1. The van der Waals surface area contributed by atoms with E-state index in [0.29, 0.717) is 48.9 Å². The van der Waals surface area contributed by atoms with Crippen LogP contribution in [-0.2, 0) is 17.9 Å². The van der Waals surface area contributed by atoms with Crippen molar-refractivity contribution in [2.24, 2.45) is 22.4 Å². The summed E-state index contributed by atoms with van der Waals surface area (Å²) >= 11 is 0. The predicted octanol–water partition coefficient (Wildman–Crippen LogP) is 5.14. The summed E-state index contributed by atoms with van der Waals surface area (Å²) < 4.78 is 41.0. The molecular formula is C33H39F2N7O3. The first-order chi connectivity index (χ1) is 21.7. The Balaban J connectivity index is 1.47. The van der Waals surface area contributed by atoms with Gasteiger partial charge in [-0.1, -0.05) is 55.5 Å². The summed E-state index contributed by atoms with van der Waals surface area (Å²) in [5.74, 6) is 0.0467. The van der Waals surface area contributed by atoms with Crippen LogP contribution in [0.5, 0.6) is 11.5 Å². The minimum absolute atomic E-state index is 0.0469. The van der Waals surface area contributed by atoms with Crippen molar-refractivity contribution in [3.8, 4) is 22.6 Å². The summed E-state index contributed by atoms with van der Waals surface area (Å²) in [7, 11) is 0. The smallest absolute Gasteiger partial charge is 0.245 e. The first-order valence-corrected chi connectivity index (χ1v) is 14.8. The highest BCUT2D eigenvalue weighted by Gasteiger charge is 2.22. The number of nitrogens with zero attached hydrogens (tertiary/aromatic N) is 4. The molecule has 238 valence electrons. The maximum atomic E-state index is 13.6. The quantitative estimate of drug-likeness (QED) is 0.0896. The van der Waals surface area contributed by atoms with Crippen LogP contribution < -0.4 is 26.3 Å². The SMILES string of the molecule is CC(C)CCOc1ccccc1-c1ccccc1OCc1cn([C@H](CCCN=C(N)N)C(=O)NCc2cc(F)cc(F)c2)nn1. The van der Waals surface area contributed by atoms with Crippen LogP contribution in [-0.4, -0.2) is 40.0 Å². The van der Waals surface area contributed by atoms with Crippen LogP contribution in [0.15, 0.2) is 77.9 Å². The molecule has 1 aromatic heterocycles. The monoisotopic (exact) mass is 619 g/mol. The third-order valence-corrected chi connectivity index (χ3v) is 6.89. The molecule has 0 aliphatic rings. The Morgan fingerprint density at radius 2 is 1.60 bits per heavy atom. The second kappa shape index (κ2) is 16.2. The Kier molecular flexibility index (Phi) is 11.8. The van der Waals surface area contributed by atoms with Gasteiger partial charge < -0.3 is 26.3 Å². The molecule has 4 rings (SSSR count). The number of para-hydroxylation sites is 2. The van der Waals surface area contributed by atoms with E-state index in [-0.39, 0.29) is 19.1 Å². The lowest BCUT2D eigenvalue weighted by Gasteiger charge is -2.17. The minimum Gasteiger partial charge on any atom is -0.493 e. The summed E-state index contributed by atoms with van der Waals surface area (Å²) in [4.78, 5) is 17.2. The molecule has 0 unspecified atom stereocenters. The van der Waals surface area contributed by atoms with Gasteiger partial charge in [0.1, 0.15) is 41.5 Å². The number of aromatic nitrogens is 3. The number of ether oxygens (including phenoxy) is 2. The van der Waals surface area contributed by atoms with Gasteiger partial charge >= 0.3 is 0 Å². The summed E-state index contributed by atoms with van der Waals surface area (Å²) in [6.07, 6.45) is 3.39. The molecule has 45 heavy (non-hydrogen) atoms. The average Bonchev–Trinajstić information content (AvgIpc) is 3.47. The van der Waals surface area contributed by atoms with Crippen molar-refractivity contribution >= 4 is 11.9 Å². The summed E-state index contributed by atoms with van der Waals surface area (Å²) in [5, 5.41) is 11.1. The molecule has 10 nitrogen and oxygen atoms in total. The van der Waals surface area contributed by atoms with Gasteiger partial charge in [0.15, 0.2) is 5.96 Å². The van der Waals surface area contributed by atoms with Crippen LogP contribution in [0.25, 0.3) is 11.1 Å². The lowest BCUT2D eigenvalue weighted by molar-refractivity contribution is -0.125. The Bertz CT molecular complexity index is 1570. The second-order valence-electron chi connectivity index (χ2n) is 11.0. The van der Waals surface area contributed by atoms with Crippen molar-refractivity contribution in [1.82, 2.24) is 20.3 Å². The van der Waals surface area contributed by atoms with Crippen LogP contribution in [0, 0.1) is 17.6 Å². The van der Waals surface area contributed by atoms with E-state index >= 15 is 0 Å². The summed E-state index contributed by atoms with van der Waals surface area (Å²) in [5.41, 5.74) is 13.4. The zero-order valence-electron chi connectivity index (χ0n) is 25.5. The Morgan fingerprint density at radius 3 is 2.24 bits per heavy atom. The maximum Gasteiger partial charge on any atom is 0.245 e. The highest BCUT2D eigenvalue weighted by molar-refractivity contribution is 5.80. The minimum atomic E-state index is -0.777. The van der Waals surface area contributed by atoms with Crippen molar-refractivity contribution in [2.75, 3.05) is 13.2 Å². The molecule has 0 fully saturated rings. The normalized spacial score (nSPS) is 11.7. The number of aliphatic imine (C=N–C) groups is 1. The number of hydrogen-bond acceptors (Lipinski definition) is 6. The topological polar surface area (TPSA) is 143 Å². The highest BCUT2D eigenvalue weighted by Crippen LogP contribution is 2.36. The van der Waals surface area contributed by atoms with Crippen molar-refractivity contribution < 1.29 is 23.0 Å². The molecule has 3 aromatic carbocycles. The zero-order valence-corrected chi connectivity index (χ0v) is 25.5. The highest BCUT2D eigenvalue weighted by atomic mass is 19.1. The van der Waals surface area contributed by atoms with E-state index in [1.807, 2.05) is 48.5 Å². The van der Waals surface area contributed by atoms with E-state index in [4.69, 9.17) is 20.9 Å². The molecule has 0 saturated heterocycles. The van der Waals surface area contributed by atoms with Gasteiger partial charge in [-0.15, -0.1) is 5.10 Å². The van der Waals surface area contributed by atoms with E-state index in [2.05, 4.69) is 34.5 Å². The lowest BCUT2D eigenvalue weighted by Crippen LogP contribution is -2.33. The predicted molar refractivity (Wildman–Crippen MR) is 168 cm³/mol. The number of guanidine groups is 1. The van der Waals surface area contributed by atoms with Gasteiger partial charge in [0.05, 0.1) is 12.8 Å². The number of carbonyl (C=O) groups is 1. The molecule has 4 aromatic rings. The molecule has 0 radical (unpaired) electrons. The number of nitrogens with one attached hydrogen (secondary N) is 1. The van der Waals surface area contributed by atoms with E-state index in [9.17, 15) is 13.6 Å². The van der Waals surface area contributed by atoms with E-state index in [0.717, 1.165) is 41.5 Å².